The maximum atomic E-state index is 6.46. The van der Waals surface area contributed by atoms with Crippen LogP contribution < -0.4 is 26.4 Å². The third-order valence-electron chi connectivity index (χ3n) is 7.21. The van der Waals surface area contributed by atoms with Crippen molar-refractivity contribution in [1.29, 1.82) is 0 Å². The van der Waals surface area contributed by atoms with Crippen LogP contribution >= 0.6 is 0 Å². The number of pyridine rings is 1. The Morgan fingerprint density at radius 2 is 1.79 bits per heavy atom. The summed E-state index contributed by atoms with van der Waals surface area (Å²) in [5, 5.41) is 5.52. The maximum absolute atomic E-state index is 6.46. The van der Waals surface area contributed by atoms with Gasteiger partial charge in [0.25, 0.3) is 0 Å². The van der Waals surface area contributed by atoms with Gasteiger partial charge in [0.15, 0.2) is 0 Å². The fraction of sp³-hybridized carbons (Fsp3) is 0.250. The molecule has 0 saturated heterocycles. The minimum atomic E-state index is 0.380. The number of aromatic nitrogens is 2. The van der Waals surface area contributed by atoms with Crippen LogP contribution in [0, 0.1) is 0 Å². The molecule has 194 valence electrons. The second-order valence-corrected chi connectivity index (χ2v) is 9.73. The summed E-state index contributed by atoms with van der Waals surface area (Å²) >= 11 is 0. The zero-order valence-corrected chi connectivity index (χ0v) is 21.9. The van der Waals surface area contributed by atoms with E-state index in [-0.39, 0.29) is 0 Å². The zero-order valence-electron chi connectivity index (χ0n) is 21.9. The third kappa shape index (κ3) is 5.87. The van der Waals surface area contributed by atoms with E-state index in [9.17, 15) is 0 Å². The predicted molar refractivity (Wildman–Crippen MR) is 155 cm³/mol. The highest BCUT2D eigenvalue weighted by atomic mass is 16.5. The number of hydrogen-bond donors (Lipinski definition) is 2. The molecular formula is C32H35N5O. The van der Waals surface area contributed by atoms with Gasteiger partial charge < -0.3 is 20.4 Å². The number of nitrogens with zero attached hydrogens (tertiary/aromatic N) is 3. The van der Waals surface area contributed by atoms with Crippen LogP contribution in [0.4, 0.5) is 0 Å². The first kappa shape index (κ1) is 25.5. The normalized spacial score (nSPS) is 18.4. The fourth-order valence-electron chi connectivity index (χ4n) is 5.25. The van der Waals surface area contributed by atoms with Gasteiger partial charge in [-0.25, -0.2) is 4.99 Å². The molecule has 0 spiro atoms. The van der Waals surface area contributed by atoms with Crippen LogP contribution in [0.1, 0.15) is 44.2 Å². The Morgan fingerprint density at radius 1 is 1.05 bits per heavy atom. The zero-order chi connectivity index (χ0) is 26.3. The largest absolute Gasteiger partial charge is 0.457 e. The summed E-state index contributed by atoms with van der Waals surface area (Å²) in [6, 6.07) is 22.9. The van der Waals surface area contributed by atoms with Gasteiger partial charge in [0.1, 0.15) is 17.3 Å². The molecule has 6 nitrogen and oxygen atoms in total. The molecule has 0 unspecified atom stereocenters. The number of hydrogen-bond acceptors (Lipinski definition) is 5. The highest BCUT2D eigenvalue weighted by Gasteiger charge is 2.23. The Bertz CT molecular complexity index is 1470. The van der Waals surface area contributed by atoms with Crippen molar-refractivity contribution in [2.24, 2.45) is 10.7 Å². The van der Waals surface area contributed by atoms with Crippen molar-refractivity contribution in [2.45, 2.75) is 51.2 Å². The molecular weight excluding hydrogens is 470 g/mol. The second-order valence-electron chi connectivity index (χ2n) is 9.73. The molecule has 1 aliphatic carbocycles. The van der Waals surface area contributed by atoms with E-state index < -0.39 is 0 Å². The molecule has 5 rings (SSSR count). The summed E-state index contributed by atoms with van der Waals surface area (Å²) in [4.78, 5) is 8.63. The van der Waals surface area contributed by atoms with Crippen LogP contribution in [0.5, 0.6) is 11.5 Å². The quantitative estimate of drug-likeness (QED) is 0.325. The number of aliphatic imine (C=N–C) groups is 1. The van der Waals surface area contributed by atoms with Crippen LogP contribution in [0.25, 0.3) is 23.5 Å². The van der Waals surface area contributed by atoms with Gasteiger partial charge in [0.2, 0.25) is 0 Å². The SMILES string of the molecule is C=c1/c(=C(/N)N=CC)c(-c2ccc(Oc3ccccc3)cc2)cn1C1CCC(NCc2cccnc2)CC1. The Morgan fingerprint density at radius 3 is 2.47 bits per heavy atom. The van der Waals surface area contributed by atoms with Gasteiger partial charge in [-0.2, -0.15) is 0 Å². The molecule has 0 bridgehead atoms. The molecule has 1 fully saturated rings. The lowest BCUT2D eigenvalue weighted by Gasteiger charge is -2.30. The lowest BCUT2D eigenvalue weighted by Crippen LogP contribution is -2.37. The summed E-state index contributed by atoms with van der Waals surface area (Å²) in [6.45, 7) is 7.18. The summed E-state index contributed by atoms with van der Waals surface area (Å²) in [5.41, 5.74) is 9.78. The molecule has 2 aromatic heterocycles. The lowest BCUT2D eigenvalue weighted by atomic mass is 9.91. The van der Waals surface area contributed by atoms with Crippen molar-refractivity contribution in [3.05, 3.63) is 101 Å². The summed E-state index contributed by atoms with van der Waals surface area (Å²) < 4.78 is 8.30. The van der Waals surface area contributed by atoms with Gasteiger partial charge in [0, 0.05) is 59.6 Å². The highest BCUT2D eigenvalue weighted by Crippen LogP contribution is 2.30. The van der Waals surface area contributed by atoms with Gasteiger partial charge in [0.05, 0.1) is 0 Å². The Hall–Kier alpha value is -4.16. The number of benzene rings is 2. The second kappa shape index (κ2) is 11.9. The van der Waals surface area contributed by atoms with Gasteiger partial charge >= 0.3 is 0 Å². The van der Waals surface area contributed by atoms with Crippen LogP contribution in [0.2, 0.25) is 0 Å². The number of nitrogens with one attached hydrogen (secondary N) is 1. The Kier molecular flexibility index (Phi) is 8.00. The number of rotatable bonds is 8. The van der Waals surface area contributed by atoms with Gasteiger partial charge in [-0.3, -0.25) is 4.98 Å². The average Bonchev–Trinajstić information content (AvgIpc) is 3.31. The van der Waals surface area contributed by atoms with Crippen molar-refractivity contribution < 1.29 is 4.74 Å². The topological polar surface area (TPSA) is 77.5 Å². The number of ether oxygens (including phenoxy) is 1. The molecule has 6 heteroatoms. The van der Waals surface area contributed by atoms with Crippen LogP contribution in [0.3, 0.4) is 0 Å². The molecule has 3 N–H and O–H groups in total. The molecule has 0 atom stereocenters. The van der Waals surface area contributed by atoms with Crippen LogP contribution in [0.15, 0.2) is 90.3 Å². The van der Waals surface area contributed by atoms with E-state index in [1.54, 1.807) is 6.21 Å². The first-order valence-electron chi connectivity index (χ1n) is 13.3. The van der Waals surface area contributed by atoms with Crippen molar-refractivity contribution in [1.82, 2.24) is 14.9 Å². The molecule has 1 aliphatic rings. The summed E-state index contributed by atoms with van der Waals surface area (Å²) in [5.74, 6) is 2.09. The van der Waals surface area contributed by atoms with Crippen molar-refractivity contribution >= 4 is 18.6 Å². The predicted octanol–water partition coefficient (Wildman–Crippen LogP) is 5.14. The van der Waals surface area contributed by atoms with E-state index in [2.05, 4.69) is 50.8 Å². The van der Waals surface area contributed by atoms with Crippen LogP contribution in [-0.2, 0) is 6.54 Å². The maximum Gasteiger partial charge on any atom is 0.132 e. The van der Waals surface area contributed by atoms with E-state index in [0.717, 1.165) is 65.4 Å². The van der Waals surface area contributed by atoms with Crippen molar-refractivity contribution in [2.75, 3.05) is 0 Å². The monoisotopic (exact) mass is 505 g/mol. The number of para-hydroxylation sites is 1. The first-order valence-corrected chi connectivity index (χ1v) is 13.3. The van der Waals surface area contributed by atoms with Gasteiger partial charge in [-0.15, -0.1) is 0 Å². The molecule has 4 aromatic rings. The molecule has 2 aromatic carbocycles. The minimum Gasteiger partial charge on any atom is -0.457 e. The van der Waals surface area contributed by atoms with Gasteiger partial charge in [-0.1, -0.05) is 43.0 Å². The Labute approximate surface area is 224 Å². The first-order chi connectivity index (χ1) is 18.6. The van der Waals surface area contributed by atoms with Crippen molar-refractivity contribution in [3.8, 4) is 22.6 Å². The molecule has 38 heavy (non-hydrogen) atoms. The summed E-state index contributed by atoms with van der Waals surface area (Å²) in [6.07, 6.45) is 12.1. The van der Waals surface area contributed by atoms with E-state index in [4.69, 9.17) is 10.5 Å². The minimum absolute atomic E-state index is 0.380. The van der Waals surface area contributed by atoms with Crippen molar-refractivity contribution in [3.63, 3.8) is 0 Å². The molecule has 0 amide bonds. The van der Waals surface area contributed by atoms with E-state index in [0.29, 0.717) is 17.9 Å². The van der Waals surface area contributed by atoms with E-state index >= 15 is 0 Å². The molecule has 2 heterocycles. The fourth-order valence-corrected chi connectivity index (χ4v) is 5.25. The number of nitrogens with two attached hydrogens (primary N) is 1. The lowest BCUT2D eigenvalue weighted by molar-refractivity contribution is 0.287. The Balaban J connectivity index is 1.35. The van der Waals surface area contributed by atoms with E-state index in [1.165, 1.54) is 5.56 Å². The van der Waals surface area contributed by atoms with Gasteiger partial charge in [-0.05, 0) is 74.1 Å². The highest BCUT2D eigenvalue weighted by molar-refractivity contribution is 5.70. The standard InChI is InChI=1S/C32H35N5O/c1-3-35-32(33)31-23(2)37(27-15-13-26(14-16-27)36-21-24-8-7-19-34-20-24)22-30(31)25-11-17-29(18-12-25)38-28-9-5-4-6-10-28/h3-12,17-20,22,26-27,36H,2,13-16,21,33H2,1H3/b32-31+,35-3?. The smallest absolute Gasteiger partial charge is 0.132 e. The average molecular weight is 506 g/mol. The third-order valence-corrected chi connectivity index (χ3v) is 7.21. The van der Waals surface area contributed by atoms with E-state index in [1.807, 2.05) is 67.8 Å². The molecule has 0 aliphatic heterocycles. The molecule has 0 radical (unpaired) electrons. The molecule has 1 saturated carbocycles. The van der Waals surface area contributed by atoms with Crippen LogP contribution in [-0.4, -0.2) is 21.8 Å². The summed E-state index contributed by atoms with van der Waals surface area (Å²) in [7, 11) is 0.